The Hall–Kier alpha value is -3.67. The van der Waals surface area contributed by atoms with E-state index < -0.39 is 42.6 Å². The maximum absolute atomic E-state index is 12.9. The molecule has 16 heteroatoms. The second-order valence-electron chi connectivity index (χ2n) is 14.0. The Morgan fingerprint density at radius 2 is 1.64 bits per heavy atom. The molecular formula is C34H51N3O13. The van der Waals surface area contributed by atoms with Gasteiger partial charge in [-0.3, -0.25) is 24.1 Å². The van der Waals surface area contributed by atoms with Gasteiger partial charge in [0.05, 0.1) is 38.7 Å². The number of likely N-dealkylation sites (tertiary alicyclic amines) is 1. The topological polar surface area (TPSA) is 230 Å². The highest BCUT2D eigenvalue weighted by atomic mass is 16.7. The van der Waals surface area contributed by atoms with Crippen molar-refractivity contribution in [3.8, 4) is 5.75 Å². The van der Waals surface area contributed by atoms with Gasteiger partial charge in [-0.1, -0.05) is 40.7 Å². The molecule has 280 valence electrons. The Balaban J connectivity index is 1.41. The number of aliphatic hydroxyl groups excluding tert-OH is 3. The van der Waals surface area contributed by atoms with Crippen LogP contribution in [0.4, 0.5) is 5.69 Å². The number of benzene rings is 1. The van der Waals surface area contributed by atoms with E-state index in [0.29, 0.717) is 6.42 Å². The third kappa shape index (κ3) is 12.0. The van der Waals surface area contributed by atoms with Crippen molar-refractivity contribution in [1.29, 1.82) is 0 Å². The number of aliphatic hydroxyl groups is 3. The van der Waals surface area contributed by atoms with Gasteiger partial charge in [0.15, 0.2) is 6.10 Å². The Bertz CT molecular complexity index is 1350. The summed E-state index contributed by atoms with van der Waals surface area (Å²) in [4.78, 5) is 62.2. The number of carbonyl (C=O) groups is 5. The molecule has 50 heavy (non-hydrogen) atoms. The van der Waals surface area contributed by atoms with Crippen LogP contribution in [0, 0.1) is 17.3 Å². The minimum absolute atomic E-state index is 0.0199. The zero-order valence-electron chi connectivity index (χ0n) is 29.3. The summed E-state index contributed by atoms with van der Waals surface area (Å²) >= 11 is 0. The second-order valence-corrected chi connectivity index (χ2v) is 14.0. The summed E-state index contributed by atoms with van der Waals surface area (Å²) in [5, 5.41) is 45.2. The first-order chi connectivity index (χ1) is 23.5. The SMILES string of the molecule is CC(C)C1CC(=O)N(CCOCCOCCC(=O)NCCC(=O)Nc2cc(CC(C)(C)C)ccc2O[C@@H]2O[C@H](C(=O)O)[C@@H](O)[C@H](O)[C@H]2O)C1=O. The molecule has 0 bridgehead atoms. The van der Waals surface area contributed by atoms with Gasteiger partial charge in [-0.15, -0.1) is 0 Å². The fourth-order valence-electron chi connectivity index (χ4n) is 5.50. The van der Waals surface area contributed by atoms with Crippen molar-refractivity contribution in [3.05, 3.63) is 23.8 Å². The predicted octanol–water partition coefficient (Wildman–Crippen LogP) is 0.445. The maximum Gasteiger partial charge on any atom is 0.335 e. The Morgan fingerprint density at radius 3 is 2.26 bits per heavy atom. The van der Waals surface area contributed by atoms with E-state index in [1.165, 1.54) is 11.0 Å². The highest BCUT2D eigenvalue weighted by Gasteiger charge is 2.48. The van der Waals surface area contributed by atoms with Gasteiger partial charge < -0.3 is 50.0 Å². The van der Waals surface area contributed by atoms with Gasteiger partial charge >= 0.3 is 5.97 Å². The minimum atomic E-state index is -1.89. The van der Waals surface area contributed by atoms with Crippen LogP contribution >= 0.6 is 0 Å². The fourth-order valence-corrected chi connectivity index (χ4v) is 5.50. The van der Waals surface area contributed by atoms with E-state index in [0.717, 1.165) is 5.56 Å². The molecule has 2 heterocycles. The lowest BCUT2D eigenvalue weighted by atomic mass is 9.88. The molecule has 2 fully saturated rings. The van der Waals surface area contributed by atoms with E-state index >= 15 is 0 Å². The van der Waals surface area contributed by atoms with Gasteiger partial charge in [0.2, 0.25) is 29.9 Å². The van der Waals surface area contributed by atoms with Crippen molar-refractivity contribution in [1.82, 2.24) is 10.2 Å². The van der Waals surface area contributed by atoms with Gasteiger partial charge in [0.1, 0.15) is 24.1 Å². The first-order valence-corrected chi connectivity index (χ1v) is 16.8. The van der Waals surface area contributed by atoms with Crippen LogP contribution in [-0.2, 0) is 44.6 Å². The lowest BCUT2D eigenvalue weighted by molar-refractivity contribution is -0.271. The number of carboxylic acid groups (broad SMARTS) is 1. The number of nitrogens with zero attached hydrogens (tertiary/aromatic N) is 1. The molecule has 2 aliphatic heterocycles. The average molecular weight is 710 g/mol. The number of carboxylic acids is 1. The summed E-state index contributed by atoms with van der Waals surface area (Å²) in [7, 11) is 0. The summed E-state index contributed by atoms with van der Waals surface area (Å²) in [5.41, 5.74) is 0.941. The molecule has 6 N–H and O–H groups in total. The number of imide groups is 1. The number of nitrogens with one attached hydrogen (secondary N) is 2. The highest BCUT2D eigenvalue weighted by Crippen LogP contribution is 2.33. The van der Waals surface area contributed by atoms with Gasteiger partial charge in [0, 0.05) is 31.7 Å². The van der Waals surface area contributed by atoms with Crippen molar-refractivity contribution >= 4 is 35.3 Å². The van der Waals surface area contributed by atoms with Crippen molar-refractivity contribution in [2.24, 2.45) is 17.3 Å². The molecule has 1 aromatic rings. The third-order valence-corrected chi connectivity index (χ3v) is 8.17. The number of ether oxygens (including phenoxy) is 4. The van der Waals surface area contributed by atoms with Crippen LogP contribution in [0.5, 0.6) is 5.75 Å². The number of rotatable bonds is 18. The van der Waals surface area contributed by atoms with Crippen molar-refractivity contribution in [3.63, 3.8) is 0 Å². The smallest absolute Gasteiger partial charge is 0.335 e. The van der Waals surface area contributed by atoms with E-state index in [2.05, 4.69) is 10.6 Å². The van der Waals surface area contributed by atoms with Crippen LogP contribution in [0.15, 0.2) is 18.2 Å². The summed E-state index contributed by atoms with van der Waals surface area (Å²) in [6.45, 7) is 10.9. The summed E-state index contributed by atoms with van der Waals surface area (Å²) < 4.78 is 21.8. The normalized spacial score (nSPS) is 24.1. The molecule has 0 radical (unpaired) electrons. The molecular weight excluding hydrogens is 658 g/mol. The van der Waals surface area contributed by atoms with E-state index in [9.17, 15) is 44.4 Å². The van der Waals surface area contributed by atoms with Crippen LogP contribution in [-0.4, -0.2) is 125 Å². The van der Waals surface area contributed by atoms with Crippen LogP contribution in [0.2, 0.25) is 0 Å². The van der Waals surface area contributed by atoms with Gasteiger partial charge in [-0.05, 0) is 35.4 Å². The summed E-state index contributed by atoms with van der Waals surface area (Å²) in [6, 6.07) is 4.92. The number of hydrogen-bond donors (Lipinski definition) is 6. The number of hydrogen-bond acceptors (Lipinski definition) is 12. The molecule has 0 spiro atoms. The number of carbonyl (C=O) groups excluding carboxylic acids is 4. The maximum atomic E-state index is 12.9. The number of anilines is 1. The zero-order valence-corrected chi connectivity index (χ0v) is 29.3. The molecule has 6 atom stereocenters. The van der Waals surface area contributed by atoms with Crippen molar-refractivity contribution in [2.75, 3.05) is 44.8 Å². The van der Waals surface area contributed by atoms with Crippen molar-refractivity contribution in [2.45, 2.75) is 91.0 Å². The molecule has 0 aromatic heterocycles. The summed E-state index contributed by atoms with van der Waals surface area (Å²) in [5.74, 6) is -2.88. The Labute approximate surface area is 291 Å². The molecule has 1 aromatic carbocycles. The largest absolute Gasteiger partial charge is 0.479 e. The van der Waals surface area contributed by atoms with E-state index in [1.54, 1.807) is 12.1 Å². The van der Waals surface area contributed by atoms with E-state index in [1.807, 2.05) is 34.6 Å². The quantitative estimate of drug-likeness (QED) is 0.0899. The molecule has 1 unspecified atom stereocenters. The average Bonchev–Trinajstić information content (AvgIpc) is 3.31. The Kier molecular flexibility index (Phi) is 15.1. The van der Waals surface area contributed by atoms with E-state index in [-0.39, 0.29) is 105 Å². The predicted molar refractivity (Wildman–Crippen MR) is 177 cm³/mol. The summed E-state index contributed by atoms with van der Waals surface area (Å²) in [6.07, 6.45) is -8.26. The van der Waals surface area contributed by atoms with Crippen LogP contribution < -0.4 is 15.4 Å². The first kappa shape index (κ1) is 40.8. The molecule has 16 nitrogen and oxygen atoms in total. The molecule has 2 aliphatic rings. The highest BCUT2D eigenvalue weighted by molar-refractivity contribution is 6.03. The lowest BCUT2D eigenvalue weighted by Crippen LogP contribution is -2.61. The third-order valence-electron chi connectivity index (χ3n) is 8.17. The van der Waals surface area contributed by atoms with Gasteiger partial charge in [0.25, 0.3) is 0 Å². The van der Waals surface area contributed by atoms with Gasteiger partial charge in [-0.2, -0.15) is 0 Å². The minimum Gasteiger partial charge on any atom is -0.479 e. The number of amides is 4. The Morgan fingerprint density at radius 1 is 0.960 bits per heavy atom. The molecule has 3 rings (SSSR count). The van der Waals surface area contributed by atoms with Crippen molar-refractivity contribution < 1.29 is 63.3 Å². The second kappa shape index (κ2) is 18.5. The standard InChI is InChI=1S/C34H51N3O13/c1-19(2)21-17-26(40)37(31(21)44)11-13-48-15-14-47-12-9-24(38)35-10-8-25(39)36-22-16-20(18-34(3,4)5)6-7-23(22)49-33-29(43)27(41)28(42)30(50-33)32(45)46/h6-7,16,19,21,27-30,33,41-43H,8-15,17-18H2,1-5H3,(H,35,38)(H,36,39)(H,45,46)/t21?,27-,28-,29+,30-,33+/m0/s1. The molecule has 4 amide bonds. The first-order valence-electron chi connectivity index (χ1n) is 16.8. The van der Waals surface area contributed by atoms with Crippen LogP contribution in [0.25, 0.3) is 0 Å². The lowest BCUT2D eigenvalue weighted by Gasteiger charge is -2.38. The van der Waals surface area contributed by atoms with E-state index in [4.69, 9.17) is 18.9 Å². The molecule has 0 saturated carbocycles. The van der Waals surface area contributed by atoms with Gasteiger partial charge in [-0.25, -0.2) is 4.79 Å². The number of aliphatic carboxylic acids is 1. The zero-order chi connectivity index (χ0) is 37.2. The molecule has 0 aliphatic carbocycles. The monoisotopic (exact) mass is 709 g/mol. The fraction of sp³-hybridized carbons (Fsp3) is 0.676. The van der Waals surface area contributed by atoms with Crippen LogP contribution in [0.3, 0.4) is 0 Å². The molecule has 2 saturated heterocycles. The van der Waals surface area contributed by atoms with Crippen LogP contribution in [0.1, 0.15) is 59.4 Å².